The second-order valence-electron chi connectivity index (χ2n) is 6.42. The van der Waals surface area contributed by atoms with Gasteiger partial charge >= 0.3 is 0 Å². The zero-order valence-electron chi connectivity index (χ0n) is 14.2. The first-order chi connectivity index (χ1) is 10.9. The molecule has 6 heteroatoms. The van der Waals surface area contributed by atoms with Gasteiger partial charge < -0.3 is 10.1 Å². The molecule has 1 aromatic rings. The maximum absolute atomic E-state index is 11.8. The van der Waals surface area contributed by atoms with Crippen LogP contribution in [0.25, 0.3) is 0 Å². The number of sulfonamides is 1. The van der Waals surface area contributed by atoms with Gasteiger partial charge in [-0.05, 0) is 43.5 Å². The van der Waals surface area contributed by atoms with E-state index in [2.05, 4.69) is 36.0 Å². The van der Waals surface area contributed by atoms with Gasteiger partial charge in [0.25, 0.3) is 0 Å². The molecule has 0 aromatic heterocycles. The molecule has 0 aliphatic carbocycles. The second kappa shape index (κ2) is 8.13. The van der Waals surface area contributed by atoms with Crippen molar-refractivity contribution in [3.63, 3.8) is 0 Å². The lowest BCUT2D eigenvalue weighted by Crippen LogP contribution is -2.51. The summed E-state index contributed by atoms with van der Waals surface area (Å²) >= 11 is 0. The third-order valence-corrected chi connectivity index (χ3v) is 5.75. The molecular weight excluding hydrogens is 312 g/mol. The van der Waals surface area contributed by atoms with Crippen molar-refractivity contribution in [3.05, 3.63) is 29.8 Å². The smallest absolute Gasteiger partial charge is 0.211 e. The van der Waals surface area contributed by atoms with E-state index in [1.807, 2.05) is 12.1 Å². The van der Waals surface area contributed by atoms with Gasteiger partial charge in [0, 0.05) is 18.5 Å². The molecule has 0 bridgehead atoms. The topological polar surface area (TPSA) is 67.4 Å². The van der Waals surface area contributed by atoms with Crippen molar-refractivity contribution in [3.8, 4) is 5.75 Å². The van der Waals surface area contributed by atoms with Crippen molar-refractivity contribution in [2.24, 2.45) is 5.92 Å². The highest BCUT2D eigenvalue weighted by Crippen LogP contribution is 2.20. The van der Waals surface area contributed by atoms with Gasteiger partial charge in [-0.2, -0.15) is 0 Å². The number of nitrogens with one attached hydrogen (secondary N) is 2. The predicted octanol–water partition coefficient (Wildman–Crippen LogP) is 2.11. The molecule has 1 aromatic carbocycles. The summed E-state index contributed by atoms with van der Waals surface area (Å²) in [7, 11) is -3.18. The van der Waals surface area contributed by atoms with Crippen LogP contribution in [0.3, 0.4) is 0 Å². The van der Waals surface area contributed by atoms with Crippen LogP contribution < -0.4 is 14.8 Å². The Bertz CT molecular complexity index is 584. The van der Waals surface area contributed by atoms with Crippen LogP contribution in [0.4, 0.5) is 0 Å². The maximum Gasteiger partial charge on any atom is 0.211 e. The third-order valence-electron chi connectivity index (χ3n) is 4.33. The standard InChI is InChI=1S/C17H28N2O3S/c1-4-23(20,21)19-17-9-10-18-11-15(17)12-22-16-7-5-14(6-8-16)13(2)3/h5-8,13,15,17-19H,4,9-12H2,1-3H3. The lowest BCUT2D eigenvalue weighted by atomic mass is 9.95. The fourth-order valence-corrected chi connectivity index (χ4v) is 3.66. The van der Waals surface area contributed by atoms with E-state index >= 15 is 0 Å². The summed E-state index contributed by atoms with van der Waals surface area (Å²) in [6.07, 6.45) is 0.791. The van der Waals surface area contributed by atoms with E-state index in [0.29, 0.717) is 12.5 Å². The molecule has 2 rings (SSSR count). The Labute approximate surface area is 139 Å². The first-order valence-electron chi connectivity index (χ1n) is 8.34. The fourth-order valence-electron chi connectivity index (χ4n) is 2.72. The van der Waals surface area contributed by atoms with E-state index in [-0.39, 0.29) is 17.7 Å². The Morgan fingerprint density at radius 2 is 2.00 bits per heavy atom. The molecule has 0 radical (unpaired) electrons. The van der Waals surface area contributed by atoms with Crippen LogP contribution in [0, 0.1) is 5.92 Å². The summed E-state index contributed by atoms with van der Waals surface area (Å²) in [5, 5.41) is 3.31. The van der Waals surface area contributed by atoms with Gasteiger partial charge in [0.1, 0.15) is 5.75 Å². The summed E-state index contributed by atoms with van der Waals surface area (Å²) in [5.74, 6) is 1.58. The Morgan fingerprint density at radius 1 is 1.30 bits per heavy atom. The van der Waals surface area contributed by atoms with Crippen LogP contribution in [-0.2, 0) is 10.0 Å². The Morgan fingerprint density at radius 3 is 2.61 bits per heavy atom. The van der Waals surface area contributed by atoms with Gasteiger partial charge in [-0.25, -0.2) is 13.1 Å². The molecule has 1 aliphatic rings. The molecule has 1 fully saturated rings. The number of hydrogen-bond donors (Lipinski definition) is 2. The largest absolute Gasteiger partial charge is 0.493 e. The van der Waals surface area contributed by atoms with Gasteiger partial charge in [-0.15, -0.1) is 0 Å². The van der Waals surface area contributed by atoms with E-state index in [9.17, 15) is 8.42 Å². The molecular formula is C17H28N2O3S. The van der Waals surface area contributed by atoms with Gasteiger partial charge in [-0.1, -0.05) is 26.0 Å². The quantitative estimate of drug-likeness (QED) is 0.798. The molecule has 0 saturated carbocycles. The Hall–Kier alpha value is -1.11. The third kappa shape index (κ3) is 5.48. The van der Waals surface area contributed by atoms with Gasteiger partial charge in [0.05, 0.1) is 12.4 Å². The molecule has 5 nitrogen and oxygen atoms in total. The number of benzene rings is 1. The predicted molar refractivity (Wildman–Crippen MR) is 93.4 cm³/mol. The van der Waals surface area contributed by atoms with Crippen LogP contribution >= 0.6 is 0 Å². The van der Waals surface area contributed by atoms with Gasteiger partial charge in [0.2, 0.25) is 10.0 Å². The number of ether oxygens (including phenoxy) is 1. The minimum Gasteiger partial charge on any atom is -0.493 e. The van der Waals surface area contributed by atoms with E-state index < -0.39 is 10.0 Å². The average Bonchev–Trinajstić information content (AvgIpc) is 2.54. The van der Waals surface area contributed by atoms with Gasteiger partial charge in [-0.3, -0.25) is 0 Å². The zero-order chi connectivity index (χ0) is 16.9. The maximum atomic E-state index is 11.8. The molecule has 23 heavy (non-hydrogen) atoms. The van der Waals surface area contributed by atoms with Crippen molar-refractivity contribution >= 4 is 10.0 Å². The van der Waals surface area contributed by atoms with E-state index in [1.54, 1.807) is 6.92 Å². The lowest BCUT2D eigenvalue weighted by Gasteiger charge is -2.32. The molecule has 1 saturated heterocycles. The summed E-state index contributed by atoms with van der Waals surface area (Å²) in [4.78, 5) is 0. The molecule has 2 atom stereocenters. The zero-order valence-corrected chi connectivity index (χ0v) is 15.0. The Balaban J connectivity index is 1.94. The molecule has 0 spiro atoms. The van der Waals surface area contributed by atoms with Crippen LogP contribution in [0.5, 0.6) is 5.75 Å². The SMILES string of the molecule is CCS(=O)(=O)NC1CCNCC1COc1ccc(C(C)C)cc1. The first kappa shape index (κ1) is 18.2. The van der Waals surface area contributed by atoms with Crippen LogP contribution in [0.2, 0.25) is 0 Å². The monoisotopic (exact) mass is 340 g/mol. The van der Waals surface area contributed by atoms with Crippen molar-refractivity contribution in [2.75, 3.05) is 25.4 Å². The van der Waals surface area contributed by atoms with Crippen molar-refractivity contribution in [1.82, 2.24) is 10.0 Å². The number of piperidine rings is 1. The van der Waals surface area contributed by atoms with Crippen LogP contribution in [0.1, 0.15) is 38.7 Å². The minimum absolute atomic E-state index is 0.0591. The molecule has 2 unspecified atom stereocenters. The van der Waals surface area contributed by atoms with E-state index in [4.69, 9.17) is 4.74 Å². The molecule has 0 amide bonds. The Kier molecular flexibility index (Phi) is 6.44. The van der Waals surface area contributed by atoms with Crippen LogP contribution in [-0.4, -0.2) is 39.9 Å². The van der Waals surface area contributed by atoms with Gasteiger partial charge in [0.15, 0.2) is 0 Å². The highest BCUT2D eigenvalue weighted by Gasteiger charge is 2.28. The molecule has 2 N–H and O–H groups in total. The van der Waals surface area contributed by atoms with Crippen molar-refractivity contribution in [2.45, 2.75) is 39.2 Å². The first-order valence-corrected chi connectivity index (χ1v) is 10.00. The highest BCUT2D eigenvalue weighted by atomic mass is 32.2. The summed E-state index contributed by atoms with van der Waals surface area (Å²) in [5.41, 5.74) is 1.28. The number of rotatable bonds is 7. The number of hydrogen-bond acceptors (Lipinski definition) is 4. The second-order valence-corrected chi connectivity index (χ2v) is 8.46. The average molecular weight is 340 g/mol. The molecule has 130 valence electrons. The van der Waals surface area contributed by atoms with Crippen molar-refractivity contribution < 1.29 is 13.2 Å². The molecule has 1 aliphatic heterocycles. The van der Waals surface area contributed by atoms with E-state index in [0.717, 1.165) is 25.3 Å². The normalized spacial score (nSPS) is 22.3. The summed E-state index contributed by atoms with van der Waals surface area (Å²) in [6.45, 7) is 8.08. The minimum atomic E-state index is -3.18. The summed E-state index contributed by atoms with van der Waals surface area (Å²) in [6, 6.07) is 8.07. The fraction of sp³-hybridized carbons (Fsp3) is 0.647. The van der Waals surface area contributed by atoms with Crippen molar-refractivity contribution in [1.29, 1.82) is 0 Å². The summed E-state index contributed by atoms with van der Waals surface area (Å²) < 4.78 is 32.3. The van der Waals surface area contributed by atoms with Crippen LogP contribution in [0.15, 0.2) is 24.3 Å². The highest BCUT2D eigenvalue weighted by molar-refractivity contribution is 7.89. The molecule has 1 heterocycles. The van der Waals surface area contributed by atoms with E-state index in [1.165, 1.54) is 5.56 Å². The lowest BCUT2D eigenvalue weighted by molar-refractivity contribution is 0.191.